The SMILES string of the molecule is CCCCOc1ccc(C(=O)N=c2sc3c(OC)ccc(OC)c3n2C)cc1. The van der Waals surface area contributed by atoms with Crippen molar-refractivity contribution in [2.75, 3.05) is 20.8 Å². The van der Waals surface area contributed by atoms with Crippen LogP contribution in [0.2, 0.25) is 0 Å². The molecule has 0 N–H and O–H groups in total. The molecule has 1 heterocycles. The Labute approximate surface area is 168 Å². The summed E-state index contributed by atoms with van der Waals surface area (Å²) in [5.74, 6) is 1.88. The third-order valence-electron chi connectivity index (χ3n) is 4.38. The highest BCUT2D eigenvalue weighted by atomic mass is 32.1. The normalized spacial score (nSPS) is 11.6. The van der Waals surface area contributed by atoms with Gasteiger partial charge in [-0.05, 0) is 42.8 Å². The Kier molecular flexibility index (Phi) is 6.36. The zero-order valence-electron chi connectivity index (χ0n) is 16.5. The molecule has 0 atom stereocenters. The smallest absolute Gasteiger partial charge is 0.279 e. The molecule has 3 aromatic rings. The molecule has 6 nitrogen and oxygen atoms in total. The molecule has 2 aromatic carbocycles. The monoisotopic (exact) mass is 400 g/mol. The van der Waals surface area contributed by atoms with Crippen LogP contribution in [0.4, 0.5) is 0 Å². The molecular formula is C21H24N2O4S. The molecule has 3 rings (SSSR count). The number of nitrogens with zero attached hydrogens (tertiary/aromatic N) is 2. The van der Waals surface area contributed by atoms with Crippen molar-refractivity contribution in [3.8, 4) is 17.2 Å². The standard InChI is InChI=1S/C21H24N2O4S/c1-5-6-13-27-15-9-7-14(8-10-15)20(24)22-21-23(2)18-16(25-3)11-12-17(26-4)19(18)28-21/h7-12H,5-6,13H2,1-4H3. The van der Waals surface area contributed by atoms with Crippen LogP contribution in [0.3, 0.4) is 0 Å². The summed E-state index contributed by atoms with van der Waals surface area (Å²) in [5.41, 5.74) is 1.36. The average molecular weight is 401 g/mol. The lowest BCUT2D eigenvalue weighted by Gasteiger charge is -2.06. The number of aryl methyl sites for hydroxylation is 1. The van der Waals surface area contributed by atoms with E-state index >= 15 is 0 Å². The van der Waals surface area contributed by atoms with E-state index in [1.54, 1.807) is 38.5 Å². The number of hydrogen-bond donors (Lipinski definition) is 0. The number of thiazole rings is 1. The number of benzene rings is 2. The number of ether oxygens (including phenoxy) is 3. The molecule has 28 heavy (non-hydrogen) atoms. The Morgan fingerprint density at radius 2 is 1.75 bits per heavy atom. The topological polar surface area (TPSA) is 62.1 Å². The van der Waals surface area contributed by atoms with Crippen molar-refractivity contribution in [3.63, 3.8) is 0 Å². The van der Waals surface area contributed by atoms with Crippen LogP contribution in [0.15, 0.2) is 41.4 Å². The van der Waals surface area contributed by atoms with Gasteiger partial charge >= 0.3 is 0 Å². The molecule has 0 saturated carbocycles. The van der Waals surface area contributed by atoms with Gasteiger partial charge in [-0.25, -0.2) is 0 Å². The molecule has 0 aliphatic heterocycles. The minimum Gasteiger partial charge on any atom is -0.495 e. The summed E-state index contributed by atoms with van der Waals surface area (Å²) in [7, 11) is 5.09. The largest absolute Gasteiger partial charge is 0.495 e. The van der Waals surface area contributed by atoms with Gasteiger partial charge in [-0.3, -0.25) is 4.79 Å². The Morgan fingerprint density at radius 3 is 2.39 bits per heavy atom. The van der Waals surface area contributed by atoms with Crippen molar-refractivity contribution in [2.24, 2.45) is 12.0 Å². The Morgan fingerprint density at radius 1 is 1.07 bits per heavy atom. The minimum absolute atomic E-state index is 0.305. The van der Waals surface area contributed by atoms with Crippen LogP contribution in [0.1, 0.15) is 30.1 Å². The van der Waals surface area contributed by atoms with Crippen molar-refractivity contribution in [1.82, 2.24) is 4.57 Å². The fraction of sp³-hybridized carbons (Fsp3) is 0.333. The number of rotatable bonds is 7. The number of carbonyl (C=O) groups is 1. The first-order valence-corrected chi connectivity index (χ1v) is 9.93. The van der Waals surface area contributed by atoms with Crippen LogP contribution in [-0.2, 0) is 7.05 Å². The first-order valence-electron chi connectivity index (χ1n) is 9.11. The van der Waals surface area contributed by atoms with E-state index in [1.165, 1.54) is 11.3 Å². The number of unbranched alkanes of at least 4 members (excludes halogenated alkanes) is 1. The molecule has 148 valence electrons. The van der Waals surface area contributed by atoms with Crippen molar-refractivity contribution in [2.45, 2.75) is 19.8 Å². The van der Waals surface area contributed by atoms with Gasteiger partial charge in [0.15, 0.2) is 4.80 Å². The molecule has 1 amide bonds. The maximum Gasteiger partial charge on any atom is 0.279 e. The lowest BCUT2D eigenvalue weighted by molar-refractivity contribution is 0.0998. The second kappa shape index (κ2) is 8.93. The summed E-state index contributed by atoms with van der Waals surface area (Å²) in [6, 6.07) is 10.8. The van der Waals surface area contributed by atoms with Gasteiger partial charge in [0.1, 0.15) is 27.5 Å². The number of amides is 1. The first-order chi connectivity index (χ1) is 13.6. The predicted molar refractivity (Wildman–Crippen MR) is 111 cm³/mol. The predicted octanol–water partition coefficient (Wildman–Crippen LogP) is 4.18. The number of methoxy groups -OCH3 is 2. The summed E-state index contributed by atoms with van der Waals surface area (Å²) in [5, 5.41) is 0. The van der Waals surface area contributed by atoms with Crippen molar-refractivity contribution >= 4 is 27.5 Å². The molecule has 0 aliphatic rings. The quantitative estimate of drug-likeness (QED) is 0.558. The lowest BCUT2D eigenvalue weighted by atomic mass is 10.2. The Bertz CT molecular complexity index is 1030. The van der Waals surface area contributed by atoms with E-state index < -0.39 is 0 Å². The molecule has 0 aliphatic carbocycles. The van der Waals surface area contributed by atoms with E-state index in [0.29, 0.717) is 22.7 Å². The molecule has 0 bridgehead atoms. The zero-order valence-corrected chi connectivity index (χ0v) is 17.3. The van der Waals surface area contributed by atoms with Crippen LogP contribution in [0.5, 0.6) is 17.2 Å². The molecular weight excluding hydrogens is 376 g/mol. The van der Waals surface area contributed by atoms with Gasteiger partial charge in [0, 0.05) is 12.6 Å². The molecule has 0 fully saturated rings. The van der Waals surface area contributed by atoms with Gasteiger partial charge in [-0.1, -0.05) is 24.7 Å². The molecule has 0 radical (unpaired) electrons. The highest BCUT2D eigenvalue weighted by Gasteiger charge is 2.14. The number of fused-ring (bicyclic) bond motifs is 1. The van der Waals surface area contributed by atoms with E-state index in [1.807, 2.05) is 23.7 Å². The van der Waals surface area contributed by atoms with Gasteiger partial charge in [0.2, 0.25) is 0 Å². The lowest BCUT2D eigenvalue weighted by Crippen LogP contribution is -2.13. The van der Waals surface area contributed by atoms with Gasteiger partial charge in [0.05, 0.1) is 20.8 Å². The maximum absolute atomic E-state index is 12.6. The molecule has 1 aromatic heterocycles. The van der Waals surface area contributed by atoms with Crippen molar-refractivity contribution < 1.29 is 19.0 Å². The fourth-order valence-corrected chi connectivity index (χ4v) is 3.93. The fourth-order valence-electron chi connectivity index (χ4n) is 2.81. The zero-order chi connectivity index (χ0) is 20.1. The van der Waals surface area contributed by atoms with E-state index in [2.05, 4.69) is 11.9 Å². The van der Waals surface area contributed by atoms with Crippen LogP contribution < -0.4 is 19.0 Å². The molecule has 0 spiro atoms. The van der Waals surface area contributed by atoms with E-state index in [9.17, 15) is 4.79 Å². The van der Waals surface area contributed by atoms with E-state index in [4.69, 9.17) is 14.2 Å². The Balaban J connectivity index is 1.93. The van der Waals surface area contributed by atoms with Gasteiger partial charge in [0.25, 0.3) is 5.91 Å². The molecule has 0 unspecified atom stereocenters. The van der Waals surface area contributed by atoms with Gasteiger partial charge < -0.3 is 18.8 Å². The summed E-state index contributed by atoms with van der Waals surface area (Å²) >= 11 is 1.39. The number of aromatic nitrogens is 1. The van der Waals surface area contributed by atoms with E-state index in [0.717, 1.165) is 34.6 Å². The maximum atomic E-state index is 12.6. The molecule has 7 heteroatoms. The van der Waals surface area contributed by atoms with Crippen molar-refractivity contribution in [1.29, 1.82) is 0 Å². The summed E-state index contributed by atoms with van der Waals surface area (Å²) in [6.07, 6.45) is 2.09. The third-order valence-corrected chi connectivity index (χ3v) is 5.53. The first kappa shape index (κ1) is 19.9. The summed E-state index contributed by atoms with van der Waals surface area (Å²) in [4.78, 5) is 17.5. The second-order valence-corrected chi connectivity index (χ2v) is 7.21. The van der Waals surface area contributed by atoms with Gasteiger partial charge in [-0.15, -0.1) is 0 Å². The minimum atomic E-state index is -0.305. The molecule has 0 saturated heterocycles. The Hall–Kier alpha value is -2.80. The third kappa shape index (κ3) is 4.04. The van der Waals surface area contributed by atoms with Crippen LogP contribution in [0.25, 0.3) is 10.2 Å². The average Bonchev–Trinajstić information content (AvgIpc) is 3.04. The van der Waals surface area contributed by atoms with Crippen LogP contribution >= 0.6 is 11.3 Å². The number of carbonyl (C=O) groups excluding carboxylic acids is 1. The second-order valence-electron chi connectivity index (χ2n) is 6.23. The number of hydrogen-bond acceptors (Lipinski definition) is 5. The van der Waals surface area contributed by atoms with Crippen LogP contribution in [-0.4, -0.2) is 31.3 Å². The van der Waals surface area contributed by atoms with Gasteiger partial charge in [-0.2, -0.15) is 4.99 Å². The highest BCUT2D eigenvalue weighted by molar-refractivity contribution is 7.16. The summed E-state index contributed by atoms with van der Waals surface area (Å²) in [6.45, 7) is 2.79. The van der Waals surface area contributed by atoms with Crippen molar-refractivity contribution in [3.05, 3.63) is 46.8 Å². The highest BCUT2D eigenvalue weighted by Crippen LogP contribution is 2.34. The van der Waals surface area contributed by atoms with E-state index in [-0.39, 0.29) is 5.91 Å². The summed E-state index contributed by atoms with van der Waals surface area (Å²) < 4.78 is 19.3. The van der Waals surface area contributed by atoms with Crippen LogP contribution in [0, 0.1) is 0 Å².